The lowest BCUT2D eigenvalue weighted by Crippen LogP contribution is -2.54. The van der Waals surface area contributed by atoms with Gasteiger partial charge in [0.1, 0.15) is 17.7 Å². The minimum Gasteiger partial charge on any atom is -0.444 e. The fourth-order valence-corrected chi connectivity index (χ4v) is 4.11. The van der Waals surface area contributed by atoms with Gasteiger partial charge in [0, 0.05) is 19.5 Å². The zero-order valence-corrected chi connectivity index (χ0v) is 23.2. The van der Waals surface area contributed by atoms with Crippen LogP contribution in [-0.2, 0) is 20.7 Å². The highest BCUT2D eigenvalue weighted by Gasteiger charge is 2.36. The molecule has 0 heterocycles. The van der Waals surface area contributed by atoms with Gasteiger partial charge < -0.3 is 20.3 Å². The van der Waals surface area contributed by atoms with E-state index >= 15 is 0 Å². The molecule has 0 saturated carbocycles. The normalized spacial score (nSPS) is 12.8. The number of alkyl carbamates (subject to hydrolysis) is 1. The number of rotatable bonds is 12. The molecule has 0 aromatic heterocycles. The maximum absolute atomic E-state index is 14.1. The standard InChI is InChI=1S/C30H43N3O4/c1-7-9-18-31-27(34)26(24-17-13-14-22(3)20-24)33(19-8-2)28(35)25(21-23-15-11-10-12-16-23)32-29(36)37-30(4,5)6/h10-17,20,25-26H,7-9,18-19,21H2,1-6H3,(H,31,34)(H,32,36). The first-order valence-electron chi connectivity index (χ1n) is 13.2. The van der Waals surface area contributed by atoms with Gasteiger partial charge in [-0.05, 0) is 51.7 Å². The summed E-state index contributed by atoms with van der Waals surface area (Å²) in [4.78, 5) is 42.0. The number of unbranched alkanes of at least 4 members (excludes halogenated alkanes) is 1. The molecule has 2 atom stereocenters. The molecule has 37 heavy (non-hydrogen) atoms. The van der Waals surface area contributed by atoms with E-state index in [4.69, 9.17) is 4.74 Å². The number of nitrogens with zero attached hydrogens (tertiary/aromatic N) is 1. The van der Waals surface area contributed by atoms with Crippen molar-refractivity contribution < 1.29 is 19.1 Å². The molecular formula is C30H43N3O4. The van der Waals surface area contributed by atoms with Gasteiger partial charge >= 0.3 is 6.09 Å². The molecular weight excluding hydrogens is 466 g/mol. The smallest absolute Gasteiger partial charge is 0.408 e. The van der Waals surface area contributed by atoms with Crippen molar-refractivity contribution in [2.45, 2.75) is 84.9 Å². The average Bonchev–Trinajstić information content (AvgIpc) is 2.82. The van der Waals surface area contributed by atoms with Crippen LogP contribution in [0.1, 0.15) is 76.6 Å². The van der Waals surface area contributed by atoms with E-state index in [-0.39, 0.29) is 18.2 Å². The van der Waals surface area contributed by atoms with Gasteiger partial charge in [0.15, 0.2) is 0 Å². The molecule has 2 aromatic carbocycles. The molecule has 0 spiro atoms. The molecule has 0 radical (unpaired) electrons. The molecule has 202 valence electrons. The predicted octanol–water partition coefficient (Wildman–Crippen LogP) is 5.33. The highest BCUT2D eigenvalue weighted by molar-refractivity contribution is 5.92. The maximum atomic E-state index is 14.1. The van der Waals surface area contributed by atoms with Gasteiger partial charge in [-0.25, -0.2) is 4.79 Å². The number of carbonyl (C=O) groups excluding carboxylic acids is 3. The van der Waals surface area contributed by atoms with E-state index < -0.39 is 23.8 Å². The van der Waals surface area contributed by atoms with Gasteiger partial charge in [0.05, 0.1) is 0 Å². The van der Waals surface area contributed by atoms with E-state index in [0.29, 0.717) is 19.5 Å². The number of amides is 3. The first kappa shape index (κ1) is 29.9. The Balaban J connectivity index is 2.47. The van der Waals surface area contributed by atoms with E-state index in [0.717, 1.165) is 29.5 Å². The summed E-state index contributed by atoms with van der Waals surface area (Å²) in [6.07, 6.45) is 2.06. The average molecular weight is 510 g/mol. The number of hydrogen-bond donors (Lipinski definition) is 2. The summed E-state index contributed by atoms with van der Waals surface area (Å²) in [6, 6.07) is 15.5. The fraction of sp³-hybridized carbons (Fsp3) is 0.500. The third-order valence-corrected chi connectivity index (χ3v) is 5.77. The highest BCUT2D eigenvalue weighted by Crippen LogP contribution is 2.25. The van der Waals surface area contributed by atoms with Crippen LogP contribution in [0.15, 0.2) is 54.6 Å². The van der Waals surface area contributed by atoms with Crippen LogP contribution in [0.5, 0.6) is 0 Å². The van der Waals surface area contributed by atoms with Gasteiger partial charge in [-0.1, -0.05) is 80.4 Å². The number of nitrogens with one attached hydrogen (secondary N) is 2. The Labute approximate surface area is 222 Å². The molecule has 0 bridgehead atoms. The Bertz CT molecular complexity index is 1020. The van der Waals surface area contributed by atoms with Crippen LogP contribution in [0.4, 0.5) is 4.79 Å². The second-order valence-corrected chi connectivity index (χ2v) is 10.4. The van der Waals surface area contributed by atoms with Gasteiger partial charge in [0.25, 0.3) is 0 Å². The second kappa shape index (κ2) is 14.4. The summed E-state index contributed by atoms with van der Waals surface area (Å²) in [6.45, 7) is 12.2. The van der Waals surface area contributed by atoms with Crippen molar-refractivity contribution in [2.24, 2.45) is 0 Å². The Morgan fingerprint density at radius 3 is 2.27 bits per heavy atom. The second-order valence-electron chi connectivity index (χ2n) is 10.4. The van der Waals surface area contributed by atoms with Crippen LogP contribution in [-0.4, -0.2) is 47.5 Å². The number of hydrogen-bond acceptors (Lipinski definition) is 4. The maximum Gasteiger partial charge on any atom is 0.408 e. The highest BCUT2D eigenvalue weighted by atomic mass is 16.6. The molecule has 0 saturated heterocycles. The summed E-state index contributed by atoms with van der Waals surface area (Å²) in [5, 5.41) is 5.80. The predicted molar refractivity (Wildman–Crippen MR) is 147 cm³/mol. The monoisotopic (exact) mass is 509 g/mol. The molecule has 2 N–H and O–H groups in total. The molecule has 7 nitrogen and oxygen atoms in total. The Morgan fingerprint density at radius 2 is 1.68 bits per heavy atom. The van der Waals surface area contributed by atoms with Crippen LogP contribution >= 0.6 is 0 Å². The molecule has 0 aliphatic heterocycles. The molecule has 2 unspecified atom stereocenters. The number of aryl methyl sites for hydroxylation is 1. The SMILES string of the molecule is CCCCNC(=O)C(c1cccc(C)c1)N(CCC)C(=O)C(Cc1ccccc1)NC(=O)OC(C)(C)C. The van der Waals surface area contributed by atoms with Crippen LogP contribution in [0.3, 0.4) is 0 Å². The first-order valence-corrected chi connectivity index (χ1v) is 13.2. The van der Waals surface area contributed by atoms with E-state index in [1.807, 2.05) is 68.4 Å². The summed E-state index contributed by atoms with van der Waals surface area (Å²) in [5.74, 6) is -0.551. The van der Waals surface area contributed by atoms with Gasteiger partial charge in [-0.3, -0.25) is 9.59 Å². The van der Waals surface area contributed by atoms with Crippen molar-refractivity contribution in [2.75, 3.05) is 13.1 Å². The topological polar surface area (TPSA) is 87.7 Å². The number of carbonyl (C=O) groups is 3. The number of benzene rings is 2. The fourth-order valence-electron chi connectivity index (χ4n) is 4.11. The largest absolute Gasteiger partial charge is 0.444 e. The molecule has 0 fully saturated rings. The van der Waals surface area contributed by atoms with Crippen molar-refractivity contribution >= 4 is 17.9 Å². The summed E-state index contributed by atoms with van der Waals surface area (Å²) in [5.41, 5.74) is 1.93. The van der Waals surface area contributed by atoms with E-state index in [2.05, 4.69) is 17.6 Å². The van der Waals surface area contributed by atoms with E-state index in [1.54, 1.807) is 25.7 Å². The number of ether oxygens (including phenoxy) is 1. The van der Waals surface area contributed by atoms with Gasteiger partial charge in [-0.2, -0.15) is 0 Å². The molecule has 0 aliphatic rings. The van der Waals surface area contributed by atoms with Gasteiger partial charge in [-0.15, -0.1) is 0 Å². The first-order chi connectivity index (χ1) is 17.6. The van der Waals surface area contributed by atoms with Crippen molar-refractivity contribution in [3.05, 3.63) is 71.3 Å². The van der Waals surface area contributed by atoms with E-state index in [1.165, 1.54) is 0 Å². The van der Waals surface area contributed by atoms with Crippen molar-refractivity contribution in [1.29, 1.82) is 0 Å². The molecule has 2 rings (SSSR count). The summed E-state index contributed by atoms with van der Waals surface area (Å²) >= 11 is 0. The quantitative estimate of drug-likeness (QED) is 0.379. The molecule has 3 amide bonds. The molecule has 2 aromatic rings. The zero-order valence-electron chi connectivity index (χ0n) is 23.2. The van der Waals surface area contributed by atoms with Crippen LogP contribution in [0, 0.1) is 6.92 Å². The van der Waals surface area contributed by atoms with Crippen molar-refractivity contribution in [3.8, 4) is 0 Å². The van der Waals surface area contributed by atoms with Crippen molar-refractivity contribution in [3.63, 3.8) is 0 Å². The minimum atomic E-state index is -0.903. The zero-order chi connectivity index (χ0) is 27.4. The van der Waals surface area contributed by atoms with E-state index in [9.17, 15) is 14.4 Å². The third-order valence-electron chi connectivity index (χ3n) is 5.77. The van der Waals surface area contributed by atoms with Gasteiger partial charge in [0.2, 0.25) is 11.8 Å². The summed E-state index contributed by atoms with van der Waals surface area (Å²) < 4.78 is 5.47. The lowest BCUT2D eigenvalue weighted by molar-refractivity contribution is -0.142. The minimum absolute atomic E-state index is 0.225. The van der Waals surface area contributed by atoms with Crippen LogP contribution < -0.4 is 10.6 Å². The Morgan fingerprint density at radius 1 is 0.973 bits per heavy atom. The third kappa shape index (κ3) is 9.90. The van der Waals surface area contributed by atoms with Crippen LogP contribution in [0.25, 0.3) is 0 Å². The Kier molecular flexibility index (Phi) is 11.6. The van der Waals surface area contributed by atoms with Crippen molar-refractivity contribution in [1.82, 2.24) is 15.5 Å². The molecule has 0 aliphatic carbocycles. The Hall–Kier alpha value is -3.35. The van der Waals surface area contributed by atoms with Crippen LogP contribution in [0.2, 0.25) is 0 Å². The lowest BCUT2D eigenvalue weighted by Gasteiger charge is -2.34. The lowest BCUT2D eigenvalue weighted by atomic mass is 9.99. The molecule has 7 heteroatoms. The summed E-state index contributed by atoms with van der Waals surface area (Å²) in [7, 11) is 0.